The molecule has 2 N–H and O–H groups in total. The van der Waals surface area contributed by atoms with E-state index in [1.54, 1.807) is 18.2 Å². The zero-order valence-corrected chi connectivity index (χ0v) is 11.6. The molecule has 3 nitrogen and oxygen atoms in total. The third kappa shape index (κ3) is 3.57. The van der Waals surface area contributed by atoms with Crippen LogP contribution in [0.1, 0.15) is 12.5 Å². The average molecular weight is 298 g/mol. The normalized spacial score (nSPS) is 10.4. The van der Waals surface area contributed by atoms with E-state index in [0.29, 0.717) is 18.1 Å². The predicted octanol–water partition coefficient (Wildman–Crippen LogP) is 4.06. The minimum Gasteiger partial charge on any atom is -0.368 e. The molecule has 0 amide bonds. The van der Waals surface area contributed by atoms with Gasteiger partial charge in [0.1, 0.15) is 0 Å². The van der Waals surface area contributed by atoms with Crippen molar-refractivity contribution in [2.24, 2.45) is 0 Å². The first-order valence-corrected chi connectivity index (χ1v) is 6.56. The fourth-order valence-electron chi connectivity index (χ4n) is 1.71. The second kappa shape index (κ2) is 6.52. The average Bonchev–Trinajstić information content (AvgIpc) is 2.41. The van der Waals surface area contributed by atoms with Crippen LogP contribution >= 0.6 is 11.6 Å². The van der Waals surface area contributed by atoms with Crippen LogP contribution in [-0.4, -0.2) is 11.5 Å². The van der Waals surface area contributed by atoms with Gasteiger partial charge in [0.05, 0.1) is 0 Å². The maximum atomic E-state index is 13.6. The number of pyridine rings is 1. The number of nitrogens with zero attached hydrogens (tertiary/aromatic N) is 1. The number of hydrogen-bond donors (Lipinski definition) is 2. The Morgan fingerprint density at radius 2 is 1.80 bits per heavy atom. The van der Waals surface area contributed by atoms with Crippen LogP contribution in [0, 0.1) is 11.6 Å². The van der Waals surface area contributed by atoms with Crippen molar-refractivity contribution < 1.29 is 8.78 Å². The third-order valence-electron chi connectivity index (χ3n) is 2.62. The number of rotatable bonds is 5. The van der Waals surface area contributed by atoms with Gasteiger partial charge in [0.2, 0.25) is 0 Å². The summed E-state index contributed by atoms with van der Waals surface area (Å²) in [6, 6.07) is 7.99. The van der Waals surface area contributed by atoms with Crippen LogP contribution in [0.2, 0.25) is 5.02 Å². The van der Waals surface area contributed by atoms with Gasteiger partial charge in [-0.1, -0.05) is 23.7 Å². The van der Waals surface area contributed by atoms with Crippen LogP contribution in [-0.2, 0) is 6.54 Å². The summed E-state index contributed by atoms with van der Waals surface area (Å²) in [6.07, 6.45) is 0. The summed E-state index contributed by atoms with van der Waals surface area (Å²) in [5, 5.41) is 6.17. The first-order chi connectivity index (χ1) is 9.60. The molecular weight excluding hydrogens is 284 g/mol. The summed E-state index contributed by atoms with van der Waals surface area (Å²) in [5.74, 6) is -1.41. The quantitative estimate of drug-likeness (QED) is 0.874. The highest BCUT2D eigenvalue weighted by molar-refractivity contribution is 6.30. The van der Waals surface area contributed by atoms with E-state index in [4.69, 9.17) is 11.6 Å². The minimum atomic E-state index is -0.730. The summed E-state index contributed by atoms with van der Waals surface area (Å²) in [5.41, 5.74) is 0.882. The van der Waals surface area contributed by atoms with E-state index in [9.17, 15) is 8.78 Å². The van der Waals surface area contributed by atoms with Gasteiger partial charge in [0, 0.05) is 24.2 Å². The maximum Gasteiger partial charge on any atom is 0.168 e. The van der Waals surface area contributed by atoms with Gasteiger partial charge in [-0.2, -0.15) is 0 Å². The van der Waals surface area contributed by atoms with Gasteiger partial charge in [0.15, 0.2) is 23.3 Å². The predicted molar refractivity (Wildman–Crippen MR) is 77.1 cm³/mol. The summed E-state index contributed by atoms with van der Waals surface area (Å²) in [4.78, 5) is 3.89. The molecule has 0 spiro atoms. The van der Waals surface area contributed by atoms with Crippen molar-refractivity contribution in [1.29, 1.82) is 0 Å². The Labute approximate surface area is 121 Å². The van der Waals surface area contributed by atoms with Gasteiger partial charge in [-0.25, -0.2) is 13.8 Å². The van der Waals surface area contributed by atoms with Crippen LogP contribution in [0.5, 0.6) is 0 Å². The summed E-state index contributed by atoms with van der Waals surface area (Å²) in [6.45, 7) is 2.66. The fourth-order valence-corrected chi connectivity index (χ4v) is 1.93. The Kier molecular flexibility index (Phi) is 4.74. The Morgan fingerprint density at radius 3 is 2.45 bits per heavy atom. The van der Waals surface area contributed by atoms with Crippen molar-refractivity contribution in [3.8, 4) is 0 Å². The zero-order chi connectivity index (χ0) is 14.5. The highest BCUT2D eigenvalue weighted by Crippen LogP contribution is 2.20. The third-order valence-corrected chi connectivity index (χ3v) is 2.86. The number of benzene rings is 1. The second-order valence-corrected chi connectivity index (χ2v) is 4.60. The lowest BCUT2D eigenvalue weighted by Gasteiger charge is -2.10. The molecule has 0 fully saturated rings. The molecule has 6 heteroatoms. The molecule has 2 aromatic rings. The van der Waals surface area contributed by atoms with Crippen molar-refractivity contribution in [3.05, 3.63) is 52.6 Å². The molecule has 0 aliphatic rings. The van der Waals surface area contributed by atoms with Crippen LogP contribution in [0.15, 0.2) is 30.3 Å². The molecule has 0 aliphatic carbocycles. The van der Waals surface area contributed by atoms with Gasteiger partial charge in [-0.05, 0) is 24.6 Å². The lowest BCUT2D eigenvalue weighted by atomic mass is 10.2. The molecule has 1 aromatic carbocycles. The molecule has 2 rings (SSSR count). The molecule has 0 aliphatic heterocycles. The van der Waals surface area contributed by atoms with E-state index in [2.05, 4.69) is 15.6 Å². The Morgan fingerprint density at radius 1 is 1.10 bits per heavy atom. The van der Waals surface area contributed by atoms with Crippen molar-refractivity contribution in [2.75, 3.05) is 17.2 Å². The Balaban J connectivity index is 2.14. The van der Waals surface area contributed by atoms with Crippen LogP contribution in [0.4, 0.5) is 20.4 Å². The number of anilines is 2. The van der Waals surface area contributed by atoms with Crippen LogP contribution in [0.25, 0.3) is 0 Å². The summed E-state index contributed by atoms with van der Waals surface area (Å²) >= 11 is 5.87. The molecule has 0 atom stereocenters. The second-order valence-electron chi connectivity index (χ2n) is 4.16. The van der Waals surface area contributed by atoms with Crippen molar-refractivity contribution in [2.45, 2.75) is 13.5 Å². The molecule has 0 radical (unpaired) electrons. The number of nitrogens with one attached hydrogen (secondary N) is 2. The monoisotopic (exact) mass is 297 g/mol. The first kappa shape index (κ1) is 14.5. The summed E-state index contributed by atoms with van der Waals surface area (Å²) in [7, 11) is 0. The fraction of sp³-hybridized carbons (Fsp3) is 0.214. The largest absolute Gasteiger partial charge is 0.368 e. The molecule has 0 bridgehead atoms. The topological polar surface area (TPSA) is 37.0 Å². The Hall–Kier alpha value is -1.88. The lowest BCUT2D eigenvalue weighted by Crippen LogP contribution is -2.08. The number of halogens is 3. The standard InChI is InChI=1S/C14H14ClF2N3/c1-2-18-13-11(16)7-12(17)14(20-13)19-8-9-4-3-5-10(15)6-9/h3-7H,2,8H2,1H3,(H2,18,19,20). The van der Waals surface area contributed by atoms with Gasteiger partial charge in [-0.3, -0.25) is 0 Å². The maximum absolute atomic E-state index is 13.6. The first-order valence-electron chi connectivity index (χ1n) is 6.18. The zero-order valence-electron chi connectivity index (χ0n) is 10.9. The molecule has 0 saturated heterocycles. The van der Waals surface area contributed by atoms with Crippen molar-refractivity contribution in [1.82, 2.24) is 4.98 Å². The molecule has 0 unspecified atom stereocenters. The molecule has 1 heterocycles. The SMILES string of the molecule is CCNc1nc(NCc2cccc(Cl)c2)c(F)cc1F. The van der Waals surface area contributed by atoms with Gasteiger partial charge in [0.25, 0.3) is 0 Å². The Bertz CT molecular complexity index is 605. The van der Waals surface area contributed by atoms with Crippen LogP contribution in [0.3, 0.4) is 0 Å². The van der Waals surface area contributed by atoms with Crippen molar-refractivity contribution in [3.63, 3.8) is 0 Å². The highest BCUT2D eigenvalue weighted by Gasteiger charge is 2.11. The highest BCUT2D eigenvalue weighted by atomic mass is 35.5. The number of aromatic nitrogens is 1. The van der Waals surface area contributed by atoms with Gasteiger partial charge < -0.3 is 10.6 Å². The van der Waals surface area contributed by atoms with Crippen molar-refractivity contribution >= 4 is 23.2 Å². The molecule has 20 heavy (non-hydrogen) atoms. The van der Waals surface area contributed by atoms with E-state index in [0.717, 1.165) is 11.6 Å². The number of hydrogen-bond acceptors (Lipinski definition) is 3. The van der Waals surface area contributed by atoms with E-state index >= 15 is 0 Å². The smallest absolute Gasteiger partial charge is 0.168 e. The molecular formula is C14H14ClF2N3. The molecule has 106 valence electrons. The van der Waals surface area contributed by atoms with E-state index in [1.807, 2.05) is 13.0 Å². The van der Waals surface area contributed by atoms with E-state index < -0.39 is 11.6 Å². The van der Waals surface area contributed by atoms with Gasteiger partial charge in [-0.15, -0.1) is 0 Å². The lowest BCUT2D eigenvalue weighted by molar-refractivity contribution is 0.578. The van der Waals surface area contributed by atoms with Gasteiger partial charge >= 0.3 is 0 Å². The van der Waals surface area contributed by atoms with E-state index in [1.165, 1.54) is 0 Å². The van der Waals surface area contributed by atoms with Crippen LogP contribution < -0.4 is 10.6 Å². The minimum absolute atomic E-state index is 0.00215. The van der Waals surface area contributed by atoms with E-state index in [-0.39, 0.29) is 11.6 Å². The molecule has 1 aromatic heterocycles. The summed E-state index contributed by atoms with van der Waals surface area (Å²) < 4.78 is 27.1. The molecule has 0 saturated carbocycles.